The third-order valence-corrected chi connectivity index (χ3v) is 4.42. The van der Waals surface area contributed by atoms with Crippen LogP contribution >= 0.6 is 0 Å². The second-order valence-corrected chi connectivity index (χ2v) is 6.94. The quantitative estimate of drug-likeness (QED) is 0.759. The summed E-state index contributed by atoms with van der Waals surface area (Å²) >= 11 is 0. The van der Waals surface area contributed by atoms with Crippen LogP contribution in [0.2, 0.25) is 0 Å². The van der Waals surface area contributed by atoms with Gasteiger partial charge in [0.1, 0.15) is 0 Å². The highest BCUT2D eigenvalue weighted by Crippen LogP contribution is 2.43. The summed E-state index contributed by atoms with van der Waals surface area (Å²) in [5.74, 6) is 0.659. The van der Waals surface area contributed by atoms with Crippen molar-refractivity contribution in [2.24, 2.45) is 5.92 Å². The Morgan fingerprint density at radius 1 is 1.24 bits per heavy atom. The van der Waals surface area contributed by atoms with E-state index < -0.39 is 0 Å². The van der Waals surface area contributed by atoms with Crippen LogP contribution < -0.4 is 5.32 Å². The fraction of sp³-hybridized carbons (Fsp3) is 0.625. The van der Waals surface area contributed by atoms with Crippen molar-refractivity contribution in [2.45, 2.75) is 52.4 Å². The average molecular weight is 231 g/mol. The molecule has 1 aliphatic heterocycles. The second kappa shape index (κ2) is 3.76. The first kappa shape index (κ1) is 12.5. The van der Waals surface area contributed by atoms with Gasteiger partial charge in [-0.25, -0.2) is 0 Å². The number of rotatable bonds is 1. The van der Waals surface area contributed by atoms with Crippen LogP contribution in [0, 0.1) is 5.92 Å². The maximum atomic E-state index is 3.55. The molecule has 0 fully saturated rings. The highest BCUT2D eigenvalue weighted by molar-refractivity contribution is 5.62. The highest BCUT2D eigenvalue weighted by atomic mass is 14.9. The van der Waals surface area contributed by atoms with Crippen LogP contribution in [0.3, 0.4) is 0 Å². The lowest BCUT2D eigenvalue weighted by Gasteiger charge is -2.30. The summed E-state index contributed by atoms with van der Waals surface area (Å²) in [5, 5.41) is 3.55. The lowest BCUT2D eigenvalue weighted by Crippen LogP contribution is -2.30. The number of anilines is 1. The molecule has 0 aromatic heterocycles. The molecule has 0 bridgehead atoms. The first-order valence-corrected chi connectivity index (χ1v) is 6.64. The van der Waals surface area contributed by atoms with Gasteiger partial charge in [-0.1, -0.05) is 53.7 Å². The molecular weight excluding hydrogens is 206 g/mol. The van der Waals surface area contributed by atoms with Gasteiger partial charge in [-0.2, -0.15) is 0 Å². The predicted octanol–water partition coefficient (Wildman–Crippen LogP) is 4.32. The van der Waals surface area contributed by atoms with E-state index >= 15 is 0 Å². The van der Waals surface area contributed by atoms with Gasteiger partial charge in [0.05, 0.1) is 0 Å². The van der Waals surface area contributed by atoms with Crippen LogP contribution in [0.1, 0.15) is 52.7 Å². The van der Waals surface area contributed by atoms with Crippen molar-refractivity contribution in [1.82, 2.24) is 0 Å². The smallest absolute Gasteiger partial charge is 0.0379 e. The van der Waals surface area contributed by atoms with Gasteiger partial charge < -0.3 is 5.32 Å². The zero-order valence-electron chi connectivity index (χ0n) is 12.0. The van der Waals surface area contributed by atoms with E-state index in [0.29, 0.717) is 5.92 Å². The van der Waals surface area contributed by atoms with Gasteiger partial charge in [0.15, 0.2) is 0 Å². The second-order valence-electron chi connectivity index (χ2n) is 6.94. The first-order valence-electron chi connectivity index (χ1n) is 6.64. The number of benzene rings is 1. The Balaban J connectivity index is 2.52. The minimum atomic E-state index is 0.232. The fourth-order valence-corrected chi connectivity index (χ4v) is 2.53. The van der Waals surface area contributed by atoms with E-state index in [0.717, 1.165) is 6.54 Å². The topological polar surface area (TPSA) is 12.0 Å². The standard InChI is InChI=1S/C16H25N/c1-11(2)16(6)10-17-14-8-7-12(9-13(14)16)15(3,4)5/h7-9,11,17H,10H2,1-6H3. The molecule has 0 amide bonds. The molecule has 1 aromatic carbocycles. The Hall–Kier alpha value is -0.980. The summed E-state index contributed by atoms with van der Waals surface area (Å²) in [6, 6.07) is 6.93. The maximum Gasteiger partial charge on any atom is 0.0379 e. The Bertz CT molecular complexity index is 426. The zero-order chi connectivity index (χ0) is 12.8. The molecule has 0 saturated carbocycles. The van der Waals surface area contributed by atoms with Gasteiger partial charge in [0.25, 0.3) is 0 Å². The van der Waals surface area contributed by atoms with E-state index in [-0.39, 0.29) is 10.8 Å². The first-order chi connectivity index (χ1) is 7.75. The molecule has 1 N–H and O–H groups in total. The van der Waals surface area contributed by atoms with Crippen LogP contribution in [0.15, 0.2) is 18.2 Å². The van der Waals surface area contributed by atoms with Gasteiger partial charge in [-0.15, -0.1) is 0 Å². The molecule has 0 aliphatic carbocycles. The molecule has 1 heteroatoms. The van der Waals surface area contributed by atoms with Gasteiger partial charge in [-0.05, 0) is 28.5 Å². The molecule has 1 heterocycles. The van der Waals surface area contributed by atoms with Crippen molar-refractivity contribution < 1.29 is 0 Å². The summed E-state index contributed by atoms with van der Waals surface area (Å²) in [5.41, 5.74) is 4.77. The molecule has 1 aliphatic rings. The molecule has 1 unspecified atom stereocenters. The third-order valence-electron chi connectivity index (χ3n) is 4.42. The Kier molecular flexibility index (Phi) is 2.76. The van der Waals surface area contributed by atoms with E-state index in [1.807, 2.05) is 0 Å². The molecule has 0 spiro atoms. The lowest BCUT2D eigenvalue weighted by atomic mass is 9.73. The average Bonchev–Trinajstić information content (AvgIpc) is 2.56. The maximum absolute atomic E-state index is 3.55. The minimum Gasteiger partial charge on any atom is -0.384 e. The van der Waals surface area contributed by atoms with Crippen LogP contribution in [0.5, 0.6) is 0 Å². The molecule has 17 heavy (non-hydrogen) atoms. The molecule has 94 valence electrons. The minimum absolute atomic E-state index is 0.232. The monoisotopic (exact) mass is 231 g/mol. The van der Waals surface area contributed by atoms with Crippen molar-refractivity contribution in [3.63, 3.8) is 0 Å². The third kappa shape index (κ3) is 1.96. The van der Waals surface area contributed by atoms with E-state index in [9.17, 15) is 0 Å². The summed E-state index contributed by atoms with van der Waals surface area (Å²) < 4.78 is 0. The van der Waals surface area contributed by atoms with Gasteiger partial charge in [0, 0.05) is 17.6 Å². The molecule has 1 nitrogen and oxygen atoms in total. The largest absolute Gasteiger partial charge is 0.384 e. The van der Waals surface area contributed by atoms with Gasteiger partial charge in [-0.3, -0.25) is 0 Å². The zero-order valence-corrected chi connectivity index (χ0v) is 12.0. The molecule has 2 rings (SSSR count). The van der Waals surface area contributed by atoms with Crippen molar-refractivity contribution in [1.29, 1.82) is 0 Å². The summed E-state index contributed by atoms with van der Waals surface area (Å²) in [6.07, 6.45) is 0. The molecule has 1 atom stereocenters. The predicted molar refractivity (Wildman–Crippen MR) is 75.8 cm³/mol. The van der Waals surface area contributed by atoms with Gasteiger partial charge in [0.2, 0.25) is 0 Å². The molecule has 0 saturated heterocycles. The van der Waals surface area contributed by atoms with Crippen molar-refractivity contribution >= 4 is 5.69 Å². The number of hydrogen-bond donors (Lipinski definition) is 1. The normalized spacial score (nSPS) is 23.7. The summed E-state index contributed by atoms with van der Waals surface area (Å²) in [7, 11) is 0. The van der Waals surface area contributed by atoms with Crippen LogP contribution in [0.25, 0.3) is 0 Å². The fourth-order valence-electron chi connectivity index (χ4n) is 2.53. The van der Waals surface area contributed by atoms with Crippen LogP contribution in [-0.2, 0) is 10.8 Å². The Labute approximate surface area is 106 Å². The summed E-state index contributed by atoms with van der Waals surface area (Å²) in [6.45, 7) is 14.9. The van der Waals surface area contributed by atoms with E-state index in [1.165, 1.54) is 16.8 Å². The molecular formula is C16H25N. The van der Waals surface area contributed by atoms with E-state index in [1.54, 1.807) is 0 Å². The molecule has 0 radical (unpaired) electrons. The number of nitrogens with one attached hydrogen (secondary N) is 1. The Morgan fingerprint density at radius 3 is 2.41 bits per heavy atom. The lowest BCUT2D eigenvalue weighted by molar-refractivity contribution is 0.371. The SMILES string of the molecule is CC(C)C1(C)CNc2ccc(C(C)(C)C)cc21. The van der Waals surface area contributed by atoms with Crippen LogP contribution in [0.4, 0.5) is 5.69 Å². The van der Waals surface area contributed by atoms with E-state index in [4.69, 9.17) is 0 Å². The van der Waals surface area contributed by atoms with Gasteiger partial charge >= 0.3 is 0 Å². The van der Waals surface area contributed by atoms with Crippen LogP contribution in [-0.4, -0.2) is 6.54 Å². The number of fused-ring (bicyclic) bond motifs is 1. The number of hydrogen-bond acceptors (Lipinski definition) is 1. The van der Waals surface area contributed by atoms with E-state index in [2.05, 4.69) is 65.1 Å². The van der Waals surface area contributed by atoms with Crippen molar-refractivity contribution in [2.75, 3.05) is 11.9 Å². The summed E-state index contributed by atoms with van der Waals surface area (Å²) in [4.78, 5) is 0. The highest BCUT2D eigenvalue weighted by Gasteiger charge is 2.37. The Morgan fingerprint density at radius 2 is 1.88 bits per heavy atom. The van der Waals surface area contributed by atoms with Crippen molar-refractivity contribution in [3.05, 3.63) is 29.3 Å². The molecule has 1 aromatic rings. The van der Waals surface area contributed by atoms with Crippen molar-refractivity contribution in [3.8, 4) is 0 Å².